The second-order valence-corrected chi connectivity index (χ2v) is 4.55. The van der Waals surface area contributed by atoms with E-state index in [2.05, 4.69) is 24.5 Å². The Kier molecular flexibility index (Phi) is 4.33. The summed E-state index contributed by atoms with van der Waals surface area (Å²) in [6.45, 7) is 6.18. The number of rotatable bonds is 3. The molecule has 1 unspecified atom stereocenters. The van der Waals surface area contributed by atoms with Crippen LogP contribution in [0.15, 0.2) is 18.2 Å². The third-order valence-corrected chi connectivity index (χ3v) is 3.22. The summed E-state index contributed by atoms with van der Waals surface area (Å²) in [5, 5.41) is 6.06. The van der Waals surface area contributed by atoms with Crippen LogP contribution in [-0.4, -0.2) is 31.7 Å². The van der Waals surface area contributed by atoms with Crippen molar-refractivity contribution in [2.24, 2.45) is 0 Å². The summed E-state index contributed by atoms with van der Waals surface area (Å²) in [5.74, 6) is -0.0758. The van der Waals surface area contributed by atoms with E-state index in [1.165, 1.54) is 11.1 Å². The first kappa shape index (κ1) is 13.1. The number of nitrogens with one attached hydrogen (secondary N) is 2. The molecule has 0 aromatic heterocycles. The first-order valence-electron chi connectivity index (χ1n) is 6.43. The summed E-state index contributed by atoms with van der Waals surface area (Å²) in [6.07, 6.45) is 0.585. The van der Waals surface area contributed by atoms with E-state index < -0.39 is 0 Å². The number of hydrogen-bond acceptors (Lipinski definition) is 3. The van der Waals surface area contributed by atoms with E-state index >= 15 is 0 Å². The molecule has 18 heavy (non-hydrogen) atoms. The van der Waals surface area contributed by atoms with Crippen molar-refractivity contribution in [2.45, 2.75) is 26.4 Å². The molecule has 1 aliphatic heterocycles. The third-order valence-electron chi connectivity index (χ3n) is 3.22. The molecule has 0 aliphatic carbocycles. The van der Waals surface area contributed by atoms with Gasteiger partial charge in [-0.25, -0.2) is 0 Å². The molecular formula is C14H20N2O2. The predicted octanol–water partition coefficient (Wildman–Crippen LogP) is 1.48. The van der Waals surface area contributed by atoms with E-state index in [0.29, 0.717) is 13.2 Å². The van der Waals surface area contributed by atoms with Crippen LogP contribution in [-0.2, 0) is 16.0 Å². The molecule has 1 aromatic carbocycles. The smallest absolute Gasteiger partial charge is 0.254 e. The van der Waals surface area contributed by atoms with Gasteiger partial charge in [-0.1, -0.05) is 13.0 Å². The van der Waals surface area contributed by atoms with Crippen molar-refractivity contribution in [2.75, 3.05) is 25.0 Å². The molecule has 0 radical (unpaired) electrons. The molecule has 4 heteroatoms. The number of ether oxygens (including phenoxy) is 1. The van der Waals surface area contributed by atoms with Crippen molar-refractivity contribution in [3.8, 4) is 0 Å². The van der Waals surface area contributed by atoms with Gasteiger partial charge < -0.3 is 15.4 Å². The zero-order chi connectivity index (χ0) is 13.0. The first-order chi connectivity index (χ1) is 8.70. The maximum Gasteiger partial charge on any atom is 0.254 e. The van der Waals surface area contributed by atoms with Gasteiger partial charge in [0.1, 0.15) is 6.10 Å². The van der Waals surface area contributed by atoms with Gasteiger partial charge in [0.25, 0.3) is 5.91 Å². The van der Waals surface area contributed by atoms with E-state index in [1.807, 2.05) is 18.2 Å². The van der Waals surface area contributed by atoms with Gasteiger partial charge in [-0.05, 0) is 36.6 Å². The Labute approximate surface area is 108 Å². The average molecular weight is 248 g/mol. The van der Waals surface area contributed by atoms with Crippen LogP contribution in [0.4, 0.5) is 5.69 Å². The lowest BCUT2D eigenvalue weighted by molar-refractivity contribution is -0.128. The summed E-state index contributed by atoms with van der Waals surface area (Å²) in [5.41, 5.74) is 3.36. The first-order valence-corrected chi connectivity index (χ1v) is 6.43. The normalized spacial score (nSPS) is 19.6. The van der Waals surface area contributed by atoms with Crippen LogP contribution in [0.3, 0.4) is 0 Å². The van der Waals surface area contributed by atoms with Gasteiger partial charge in [-0.3, -0.25) is 4.79 Å². The Hall–Kier alpha value is -1.39. The molecule has 0 saturated carbocycles. The van der Waals surface area contributed by atoms with Crippen molar-refractivity contribution in [3.63, 3.8) is 0 Å². The topological polar surface area (TPSA) is 50.4 Å². The summed E-state index contributed by atoms with van der Waals surface area (Å²) in [4.78, 5) is 12.0. The molecule has 4 nitrogen and oxygen atoms in total. The number of carbonyl (C=O) groups excluding carboxylic acids is 1. The van der Waals surface area contributed by atoms with Crippen molar-refractivity contribution < 1.29 is 9.53 Å². The number of hydrogen-bond donors (Lipinski definition) is 2. The van der Waals surface area contributed by atoms with Crippen LogP contribution in [0.25, 0.3) is 0 Å². The molecule has 2 N–H and O–H groups in total. The molecule has 1 aliphatic rings. The van der Waals surface area contributed by atoms with E-state index in [4.69, 9.17) is 4.74 Å². The van der Waals surface area contributed by atoms with Crippen LogP contribution in [0.5, 0.6) is 0 Å². The average Bonchev–Trinajstić information content (AvgIpc) is 2.42. The molecular weight excluding hydrogens is 228 g/mol. The van der Waals surface area contributed by atoms with E-state index in [-0.39, 0.29) is 12.0 Å². The predicted molar refractivity (Wildman–Crippen MR) is 71.8 cm³/mol. The Bertz CT molecular complexity index is 426. The maximum absolute atomic E-state index is 12.0. The van der Waals surface area contributed by atoms with Crippen LogP contribution in [0.1, 0.15) is 18.1 Å². The number of benzene rings is 1. The van der Waals surface area contributed by atoms with Crippen molar-refractivity contribution >= 4 is 11.6 Å². The minimum Gasteiger partial charge on any atom is -0.366 e. The van der Waals surface area contributed by atoms with Crippen molar-refractivity contribution in [1.82, 2.24) is 5.32 Å². The van der Waals surface area contributed by atoms with E-state index in [9.17, 15) is 4.79 Å². The van der Waals surface area contributed by atoms with Gasteiger partial charge in [-0.2, -0.15) is 0 Å². The quantitative estimate of drug-likeness (QED) is 0.852. The van der Waals surface area contributed by atoms with Gasteiger partial charge >= 0.3 is 0 Å². The van der Waals surface area contributed by atoms with Gasteiger partial charge in [0.2, 0.25) is 0 Å². The molecule has 2 rings (SSSR count). The number of aryl methyl sites for hydroxylation is 2. The van der Waals surface area contributed by atoms with Crippen LogP contribution in [0.2, 0.25) is 0 Å². The molecule has 1 saturated heterocycles. The zero-order valence-corrected chi connectivity index (χ0v) is 11.0. The Morgan fingerprint density at radius 1 is 1.56 bits per heavy atom. The molecule has 0 spiro atoms. The molecule has 0 bridgehead atoms. The minimum atomic E-state index is -0.384. The second kappa shape index (κ2) is 5.98. The highest BCUT2D eigenvalue weighted by atomic mass is 16.5. The second-order valence-electron chi connectivity index (χ2n) is 4.55. The summed E-state index contributed by atoms with van der Waals surface area (Å²) in [6, 6.07) is 6.00. The Morgan fingerprint density at radius 3 is 3.06 bits per heavy atom. The molecule has 1 heterocycles. The van der Waals surface area contributed by atoms with E-state index in [0.717, 1.165) is 18.7 Å². The standard InChI is InChI=1S/C14H20N2O2/c1-3-11-8-12(5-4-10(11)2)16-14(17)13-9-15-6-7-18-13/h4-5,8,13,15H,3,6-7,9H2,1-2H3,(H,16,17). The lowest BCUT2D eigenvalue weighted by Gasteiger charge is -2.22. The molecule has 1 atom stereocenters. The number of anilines is 1. The summed E-state index contributed by atoms with van der Waals surface area (Å²) < 4.78 is 5.42. The fourth-order valence-electron chi connectivity index (χ4n) is 2.09. The molecule has 1 aromatic rings. The Balaban J connectivity index is 2.02. The lowest BCUT2D eigenvalue weighted by Crippen LogP contribution is -2.45. The molecule has 1 fully saturated rings. The molecule has 98 valence electrons. The SMILES string of the molecule is CCc1cc(NC(=O)C2CNCCO2)ccc1C. The van der Waals surface area contributed by atoms with Gasteiger partial charge in [0.05, 0.1) is 6.61 Å². The minimum absolute atomic E-state index is 0.0758. The largest absolute Gasteiger partial charge is 0.366 e. The molecule has 1 amide bonds. The number of morpholine rings is 1. The Morgan fingerprint density at radius 2 is 2.39 bits per heavy atom. The van der Waals surface area contributed by atoms with Gasteiger partial charge in [0, 0.05) is 18.8 Å². The van der Waals surface area contributed by atoms with Gasteiger partial charge in [0.15, 0.2) is 0 Å². The van der Waals surface area contributed by atoms with Crippen LogP contribution < -0.4 is 10.6 Å². The summed E-state index contributed by atoms with van der Waals surface area (Å²) in [7, 11) is 0. The van der Waals surface area contributed by atoms with E-state index in [1.54, 1.807) is 0 Å². The fourth-order valence-corrected chi connectivity index (χ4v) is 2.09. The number of amides is 1. The van der Waals surface area contributed by atoms with Crippen LogP contribution in [0, 0.1) is 6.92 Å². The highest BCUT2D eigenvalue weighted by Crippen LogP contribution is 2.16. The zero-order valence-electron chi connectivity index (χ0n) is 11.0. The monoisotopic (exact) mass is 248 g/mol. The lowest BCUT2D eigenvalue weighted by atomic mass is 10.1. The van der Waals surface area contributed by atoms with Crippen molar-refractivity contribution in [3.05, 3.63) is 29.3 Å². The third kappa shape index (κ3) is 3.09. The summed E-state index contributed by atoms with van der Waals surface area (Å²) >= 11 is 0. The number of carbonyl (C=O) groups is 1. The highest BCUT2D eigenvalue weighted by Gasteiger charge is 2.21. The highest BCUT2D eigenvalue weighted by molar-refractivity contribution is 5.94. The fraction of sp³-hybridized carbons (Fsp3) is 0.500. The maximum atomic E-state index is 12.0. The van der Waals surface area contributed by atoms with Crippen LogP contribution >= 0.6 is 0 Å². The van der Waals surface area contributed by atoms with Gasteiger partial charge in [-0.15, -0.1) is 0 Å². The van der Waals surface area contributed by atoms with Crippen molar-refractivity contribution in [1.29, 1.82) is 0 Å².